The van der Waals surface area contributed by atoms with Gasteiger partial charge >= 0.3 is 13.7 Å². The minimum Gasteiger partial charge on any atom is -0.464 e. The molecule has 0 aromatic heterocycles. The van der Waals surface area contributed by atoms with Crippen molar-refractivity contribution in [2.75, 3.05) is 6.61 Å². The second-order valence-electron chi connectivity index (χ2n) is 7.06. The number of nitrogens with one attached hydrogen (secondary N) is 1. The van der Waals surface area contributed by atoms with E-state index in [9.17, 15) is 31.3 Å². The molecule has 182 valence electrons. The second kappa shape index (κ2) is 11.5. The van der Waals surface area contributed by atoms with Crippen LogP contribution in [-0.2, 0) is 14.1 Å². The van der Waals surface area contributed by atoms with E-state index in [1.165, 1.54) is 31.2 Å². The zero-order valence-corrected chi connectivity index (χ0v) is 18.9. The number of esters is 1. The maximum atomic E-state index is 14.1. The number of para-hydroxylation sites is 1. The van der Waals surface area contributed by atoms with Gasteiger partial charge in [-0.25, -0.2) is 17.7 Å². The van der Waals surface area contributed by atoms with Crippen LogP contribution in [0.15, 0.2) is 30.3 Å². The summed E-state index contributed by atoms with van der Waals surface area (Å²) in [5.74, 6) is -14.5. The summed E-state index contributed by atoms with van der Waals surface area (Å²) in [7, 11) is -4.93. The molecule has 0 spiro atoms. The normalized spacial score (nSPS) is 14.0. The molecule has 6 nitrogen and oxygen atoms in total. The molecular formula is C21H23F5NO5P. The number of carbonyl (C=O) groups excluding carboxylic acids is 1. The van der Waals surface area contributed by atoms with Crippen LogP contribution in [0.5, 0.6) is 11.5 Å². The van der Waals surface area contributed by atoms with Crippen LogP contribution < -0.4 is 14.1 Å². The van der Waals surface area contributed by atoms with Crippen LogP contribution in [0.4, 0.5) is 22.0 Å². The van der Waals surface area contributed by atoms with Crippen molar-refractivity contribution >= 4 is 13.7 Å². The van der Waals surface area contributed by atoms with E-state index in [1.807, 2.05) is 13.8 Å². The lowest BCUT2D eigenvalue weighted by Gasteiger charge is -2.24. The third-order valence-electron chi connectivity index (χ3n) is 4.67. The van der Waals surface area contributed by atoms with Gasteiger partial charge in [0.15, 0.2) is 0 Å². The Labute approximate surface area is 187 Å². The van der Waals surface area contributed by atoms with E-state index < -0.39 is 54.6 Å². The van der Waals surface area contributed by atoms with E-state index in [1.54, 1.807) is 6.07 Å². The number of rotatable bonds is 11. The maximum absolute atomic E-state index is 14.1. The van der Waals surface area contributed by atoms with Crippen LogP contribution in [0.25, 0.3) is 0 Å². The SMILES string of the molecule is CCC(CC)COC(=O)C(C)NP(=O)(Oc1ccccc1)Oc1c(F)c(F)c(F)c(F)c1F. The summed E-state index contributed by atoms with van der Waals surface area (Å²) >= 11 is 0. The van der Waals surface area contributed by atoms with Gasteiger partial charge < -0.3 is 13.8 Å². The molecule has 2 aromatic carbocycles. The van der Waals surface area contributed by atoms with Gasteiger partial charge in [0.1, 0.15) is 11.8 Å². The zero-order valence-electron chi connectivity index (χ0n) is 18.0. The van der Waals surface area contributed by atoms with Gasteiger partial charge in [0.05, 0.1) is 6.61 Å². The van der Waals surface area contributed by atoms with Crippen molar-refractivity contribution in [3.8, 4) is 11.5 Å². The molecule has 2 rings (SSSR count). The first-order valence-electron chi connectivity index (χ1n) is 10.0. The predicted molar refractivity (Wildman–Crippen MR) is 109 cm³/mol. The van der Waals surface area contributed by atoms with E-state index in [0.717, 1.165) is 12.8 Å². The Morgan fingerprint density at radius 3 is 1.94 bits per heavy atom. The first-order chi connectivity index (χ1) is 15.5. The van der Waals surface area contributed by atoms with Gasteiger partial charge in [-0.1, -0.05) is 44.9 Å². The lowest BCUT2D eigenvalue weighted by molar-refractivity contribution is -0.146. The van der Waals surface area contributed by atoms with Gasteiger partial charge in [-0.3, -0.25) is 4.79 Å². The molecule has 33 heavy (non-hydrogen) atoms. The molecule has 0 aliphatic rings. The van der Waals surface area contributed by atoms with Crippen LogP contribution in [0.3, 0.4) is 0 Å². The summed E-state index contributed by atoms with van der Waals surface area (Å²) in [6.45, 7) is 5.09. The fraction of sp³-hybridized carbons (Fsp3) is 0.381. The predicted octanol–water partition coefficient (Wildman–Crippen LogP) is 5.91. The van der Waals surface area contributed by atoms with Crippen LogP contribution in [0, 0.1) is 35.0 Å². The van der Waals surface area contributed by atoms with Crippen molar-refractivity contribution in [1.29, 1.82) is 0 Å². The van der Waals surface area contributed by atoms with Crippen molar-refractivity contribution in [3.05, 3.63) is 59.4 Å². The number of halogens is 5. The molecule has 0 amide bonds. The van der Waals surface area contributed by atoms with Crippen LogP contribution >= 0.6 is 7.75 Å². The Kier molecular flexibility index (Phi) is 9.25. The lowest BCUT2D eigenvalue weighted by atomic mass is 10.1. The summed E-state index contributed by atoms with van der Waals surface area (Å²) in [6.07, 6.45) is 1.48. The first kappa shape index (κ1) is 26.6. The monoisotopic (exact) mass is 495 g/mol. The van der Waals surface area contributed by atoms with Crippen LogP contribution in [-0.4, -0.2) is 18.6 Å². The minimum absolute atomic E-state index is 0.0696. The summed E-state index contributed by atoms with van der Waals surface area (Å²) in [6, 6.07) is 5.71. The smallest absolute Gasteiger partial charge is 0.464 e. The number of hydrogen-bond donors (Lipinski definition) is 1. The third-order valence-corrected chi connectivity index (χ3v) is 6.25. The van der Waals surface area contributed by atoms with E-state index in [-0.39, 0.29) is 18.3 Å². The third kappa shape index (κ3) is 6.68. The number of benzene rings is 2. The Balaban J connectivity index is 2.34. The van der Waals surface area contributed by atoms with Crippen molar-refractivity contribution in [1.82, 2.24) is 5.09 Å². The highest BCUT2D eigenvalue weighted by molar-refractivity contribution is 7.52. The van der Waals surface area contributed by atoms with Gasteiger partial charge in [-0.15, -0.1) is 0 Å². The Hall–Kier alpha value is -2.65. The van der Waals surface area contributed by atoms with Crippen LogP contribution in [0.1, 0.15) is 33.6 Å². The highest BCUT2D eigenvalue weighted by Crippen LogP contribution is 2.47. The summed E-state index contributed by atoms with van der Waals surface area (Å²) in [4.78, 5) is 12.3. The molecule has 0 saturated heterocycles. The fourth-order valence-corrected chi connectivity index (χ4v) is 4.14. The molecular weight excluding hydrogens is 472 g/mol. The average molecular weight is 495 g/mol. The maximum Gasteiger partial charge on any atom is 0.513 e. The van der Waals surface area contributed by atoms with Gasteiger partial charge in [0, 0.05) is 0 Å². The minimum atomic E-state index is -4.93. The molecule has 0 heterocycles. The van der Waals surface area contributed by atoms with E-state index in [0.29, 0.717) is 0 Å². The Bertz CT molecular complexity index is 991. The van der Waals surface area contributed by atoms with Crippen LogP contribution in [0.2, 0.25) is 0 Å². The molecule has 2 aromatic rings. The molecule has 1 N–H and O–H groups in total. The Morgan fingerprint density at radius 2 is 1.42 bits per heavy atom. The highest BCUT2D eigenvalue weighted by atomic mass is 31.2. The quantitative estimate of drug-likeness (QED) is 0.138. The molecule has 12 heteroatoms. The molecule has 0 aliphatic carbocycles. The molecule has 0 fully saturated rings. The van der Waals surface area contributed by atoms with Crippen molar-refractivity contribution in [3.63, 3.8) is 0 Å². The van der Waals surface area contributed by atoms with Gasteiger partial charge in [-0.05, 0) is 25.0 Å². The molecule has 0 saturated carbocycles. The largest absolute Gasteiger partial charge is 0.513 e. The second-order valence-corrected chi connectivity index (χ2v) is 8.67. The number of ether oxygens (including phenoxy) is 1. The van der Waals surface area contributed by atoms with Gasteiger partial charge in [0.2, 0.25) is 34.8 Å². The standard InChI is InChI=1S/C21H23F5NO5P/c1-4-13(5-2)11-30-21(28)12(3)27-33(29,31-14-9-7-6-8-10-14)32-20-18(25)16(23)15(22)17(24)19(20)26/h6-10,12-13H,4-5,11H2,1-3H3,(H,27,29). The molecule has 0 radical (unpaired) electrons. The van der Waals surface area contributed by atoms with E-state index in [2.05, 4.69) is 5.09 Å². The van der Waals surface area contributed by atoms with Gasteiger partial charge in [0.25, 0.3) is 0 Å². The molecule has 0 aliphatic heterocycles. The van der Waals surface area contributed by atoms with E-state index >= 15 is 0 Å². The van der Waals surface area contributed by atoms with Crippen molar-refractivity contribution < 1.29 is 45.1 Å². The van der Waals surface area contributed by atoms with Gasteiger partial charge in [-0.2, -0.15) is 13.9 Å². The number of carbonyl (C=O) groups is 1. The summed E-state index contributed by atoms with van der Waals surface area (Å²) < 4.78 is 97.0. The number of hydrogen-bond acceptors (Lipinski definition) is 5. The zero-order chi connectivity index (χ0) is 24.8. The highest BCUT2D eigenvalue weighted by Gasteiger charge is 2.38. The van der Waals surface area contributed by atoms with E-state index in [4.69, 9.17) is 13.8 Å². The Morgan fingerprint density at radius 1 is 0.909 bits per heavy atom. The van der Waals surface area contributed by atoms with Crippen molar-refractivity contribution in [2.45, 2.75) is 39.7 Å². The summed E-state index contributed by atoms with van der Waals surface area (Å²) in [5.41, 5.74) is 0. The van der Waals surface area contributed by atoms with Crippen molar-refractivity contribution in [2.24, 2.45) is 5.92 Å². The molecule has 2 unspecified atom stereocenters. The summed E-state index contributed by atoms with van der Waals surface area (Å²) in [5, 5.41) is 2.12. The lowest BCUT2D eigenvalue weighted by Crippen LogP contribution is -2.36. The average Bonchev–Trinajstić information content (AvgIpc) is 2.80. The first-order valence-corrected chi connectivity index (χ1v) is 11.6. The fourth-order valence-electron chi connectivity index (χ4n) is 2.62. The molecule has 2 atom stereocenters. The molecule has 0 bridgehead atoms. The topological polar surface area (TPSA) is 73.9 Å².